The van der Waals surface area contributed by atoms with E-state index in [9.17, 15) is 9.59 Å². The molecule has 0 radical (unpaired) electrons. The number of allylic oxidation sites excluding steroid dienone is 4. The Morgan fingerprint density at radius 2 is 1.00 bits per heavy atom. The number of nitrogens with zero attached hydrogens (tertiary/aromatic N) is 2. The summed E-state index contributed by atoms with van der Waals surface area (Å²) in [5.41, 5.74) is 0.0877. The van der Waals surface area contributed by atoms with Gasteiger partial charge in [-0.2, -0.15) is 4.98 Å². The number of hydrogen-bond donors (Lipinski definition) is 1. The van der Waals surface area contributed by atoms with E-state index in [1.54, 1.807) is 16.8 Å². The van der Waals surface area contributed by atoms with Crippen molar-refractivity contribution in [1.82, 2.24) is 9.55 Å². The van der Waals surface area contributed by atoms with Gasteiger partial charge in [-0.1, -0.05) is 192 Å². The van der Waals surface area contributed by atoms with Crippen molar-refractivity contribution < 1.29 is 28.5 Å². The number of aromatic nitrogens is 2. The Morgan fingerprint density at radius 3 is 1.45 bits per heavy atom. The molecule has 4 atom stereocenters. The molecule has 2 aliphatic rings. The molecule has 1 N–H and O–H groups in total. The van der Waals surface area contributed by atoms with Gasteiger partial charge in [-0.05, 0) is 70.3 Å². The SMILES string of the molecule is CCCCCCCC/C=C\CCCCCCCCCCCC(=O)OC[C@H]1O[C@@H]2[C@@H](Oc3nc(=N)ccn32)[C@@H]1OC(=O)CCCCCCCCCCC/C=C\CCCCCCCC. The van der Waals surface area contributed by atoms with Gasteiger partial charge in [0.25, 0.3) is 0 Å². The second kappa shape index (κ2) is 36.4. The molecule has 0 bridgehead atoms. The minimum absolute atomic E-state index is 0.00212. The van der Waals surface area contributed by atoms with E-state index < -0.39 is 24.5 Å². The number of ether oxygens (including phenoxy) is 4. The largest absolute Gasteiger partial charge is 0.463 e. The molecule has 1 aromatic heterocycles. The van der Waals surface area contributed by atoms with Gasteiger partial charge in [0.2, 0.25) is 0 Å². The van der Waals surface area contributed by atoms with Crippen LogP contribution in [0.5, 0.6) is 6.01 Å². The predicted molar refractivity (Wildman–Crippen MR) is 253 cm³/mol. The van der Waals surface area contributed by atoms with E-state index in [0.29, 0.717) is 12.8 Å². The first kappa shape index (κ1) is 53.4. The van der Waals surface area contributed by atoms with Crippen LogP contribution in [-0.4, -0.2) is 46.4 Å². The molecule has 9 heteroatoms. The molecule has 62 heavy (non-hydrogen) atoms. The Labute approximate surface area is 378 Å². The highest BCUT2D eigenvalue weighted by atomic mass is 16.7. The van der Waals surface area contributed by atoms with Crippen molar-refractivity contribution in [2.75, 3.05) is 6.61 Å². The van der Waals surface area contributed by atoms with Gasteiger partial charge in [-0.3, -0.25) is 19.6 Å². The van der Waals surface area contributed by atoms with Gasteiger partial charge in [0.1, 0.15) is 12.7 Å². The molecule has 0 aliphatic carbocycles. The molecule has 0 saturated carbocycles. The highest BCUT2D eigenvalue weighted by molar-refractivity contribution is 5.70. The van der Waals surface area contributed by atoms with Crippen molar-refractivity contribution in [1.29, 1.82) is 5.41 Å². The number of hydrogen-bond acceptors (Lipinski definition) is 8. The Bertz CT molecular complexity index is 1390. The first-order valence-electron chi connectivity index (χ1n) is 26.1. The average Bonchev–Trinajstić information content (AvgIpc) is 3.79. The summed E-state index contributed by atoms with van der Waals surface area (Å²) >= 11 is 0. The molecule has 9 nitrogen and oxygen atoms in total. The zero-order valence-corrected chi connectivity index (χ0v) is 39.8. The third kappa shape index (κ3) is 24.8. The molecule has 354 valence electrons. The minimum atomic E-state index is -0.738. The van der Waals surface area contributed by atoms with Gasteiger partial charge in [0.15, 0.2) is 23.9 Å². The zero-order chi connectivity index (χ0) is 44.1. The lowest BCUT2D eigenvalue weighted by Gasteiger charge is -2.22. The van der Waals surface area contributed by atoms with Crippen LogP contribution in [0.3, 0.4) is 0 Å². The summed E-state index contributed by atoms with van der Waals surface area (Å²) in [6, 6.07) is 1.84. The predicted octanol–water partition coefficient (Wildman–Crippen LogP) is 14.7. The van der Waals surface area contributed by atoms with Crippen molar-refractivity contribution >= 4 is 11.9 Å². The summed E-state index contributed by atoms with van der Waals surface area (Å²) < 4.78 is 25.7. The van der Waals surface area contributed by atoms with Crippen LogP contribution in [-0.2, 0) is 23.8 Å². The lowest BCUT2D eigenvalue weighted by atomic mass is 10.1. The van der Waals surface area contributed by atoms with Gasteiger partial charge in [0.05, 0.1) is 0 Å². The highest BCUT2D eigenvalue weighted by Crippen LogP contribution is 2.40. The fourth-order valence-corrected chi connectivity index (χ4v) is 8.70. The topological polar surface area (TPSA) is 113 Å². The number of unbranched alkanes of at least 4 members (excludes halogenated alkanes) is 30. The lowest BCUT2D eigenvalue weighted by Crippen LogP contribution is -2.40. The summed E-state index contributed by atoms with van der Waals surface area (Å²) in [5, 5.41) is 7.89. The fraction of sp³-hybridized carbons (Fsp3) is 0.811. The number of carbonyl (C=O) groups is 2. The van der Waals surface area contributed by atoms with E-state index in [1.807, 2.05) is 0 Å². The molecule has 0 amide bonds. The molecule has 1 fully saturated rings. The molecule has 2 aliphatic heterocycles. The van der Waals surface area contributed by atoms with Crippen molar-refractivity contribution in [3.8, 4) is 6.01 Å². The summed E-state index contributed by atoms with van der Waals surface area (Å²) in [6.07, 6.45) is 52.0. The smallest absolute Gasteiger partial charge is 0.306 e. The van der Waals surface area contributed by atoms with Crippen LogP contribution in [0.4, 0.5) is 0 Å². The van der Waals surface area contributed by atoms with Crippen molar-refractivity contribution in [2.45, 2.75) is 270 Å². The first-order chi connectivity index (χ1) is 30.5. The molecule has 1 aromatic rings. The Balaban J connectivity index is 1.20. The van der Waals surface area contributed by atoms with Crippen molar-refractivity contribution in [2.24, 2.45) is 0 Å². The van der Waals surface area contributed by atoms with E-state index in [2.05, 4.69) is 43.1 Å². The van der Waals surface area contributed by atoms with Crippen LogP contribution in [0.15, 0.2) is 36.6 Å². The van der Waals surface area contributed by atoms with Gasteiger partial charge in [-0.15, -0.1) is 0 Å². The second-order valence-electron chi connectivity index (χ2n) is 18.3. The van der Waals surface area contributed by atoms with Crippen LogP contribution in [0.1, 0.15) is 251 Å². The maximum atomic E-state index is 13.1. The Kier molecular flexibility index (Phi) is 31.4. The van der Waals surface area contributed by atoms with E-state index in [-0.39, 0.29) is 30.0 Å². The molecular weight excluding hydrogens is 775 g/mol. The van der Waals surface area contributed by atoms with Crippen molar-refractivity contribution in [3.63, 3.8) is 0 Å². The van der Waals surface area contributed by atoms with Gasteiger partial charge in [-0.25, -0.2) is 0 Å². The highest BCUT2D eigenvalue weighted by Gasteiger charge is 2.54. The third-order valence-corrected chi connectivity index (χ3v) is 12.6. The quantitative estimate of drug-likeness (QED) is 0.0396. The van der Waals surface area contributed by atoms with Gasteiger partial charge in [0, 0.05) is 19.0 Å². The Morgan fingerprint density at radius 1 is 0.597 bits per heavy atom. The average molecular weight is 866 g/mol. The van der Waals surface area contributed by atoms with E-state index in [1.165, 1.54) is 180 Å². The summed E-state index contributed by atoms with van der Waals surface area (Å²) in [7, 11) is 0. The van der Waals surface area contributed by atoms with Crippen LogP contribution in [0, 0.1) is 5.41 Å². The normalized spacial score (nSPS) is 18.1. The zero-order valence-electron chi connectivity index (χ0n) is 39.8. The summed E-state index contributed by atoms with van der Waals surface area (Å²) in [4.78, 5) is 30.0. The first-order valence-corrected chi connectivity index (χ1v) is 26.1. The van der Waals surface area contributed by atoms with Crippen LogP contribution in [0.25, 0.3) is 0 Å². The van der Waals surface area contributed by atoms with Gasteiger partial charge >= 0.3 is 17.9 Å². The monoisotopic (exact) mass is 866 g/mol. The van der Waals surface area contributed by atoms with E-state index >= 15 is 0 Å². The van der Waals surface area contributed by atoms with Crippen LogP contribution < -0.4 is 10.2 Å². The second-order valence-corrected chi connectivity index (χ2v) is 18.3. The van der Waals surface area contributed by atoms with Crippen LogP contribution in [0.2, 0.25) is 0 Å². The fourth-order valence-electron chi connectivity index (χ4n) is 8.70. The molecule has 3 heterocycles. The minimum Gasteiger partial charge on any atom is -0.463 e. The molecular formula is C53H91N3O6. The third-order valence-electron chi connectivity index (χ3n) is 12.6. The molecule has 1 saturated heterocycles. The van der Waals surface area contributed by atoms with Crippen molar-refractivity contribution in [3.05, 3.63) is 42.1 Å². The maximum Gasteiger partial charge on any atom is 0.306 e. The number of nitrogens with one attached hydrogen (secondary N) is 1. The molecule has 0 unspecified atom stereocenters. The standard InChI is InChI=1S/C53H91N3O6/c1-3-5-7-9-11-13-15-17-19-21-23-25-27-29-31-33-35-37-39-41-48(57)59-45-46-50(51-52(60-46)56-44-43-47(54)55-53(56)62-51)61-49(58)42-40-38-36-34-32-30-28-26-24-22-20-18-16-14-12-10-8-6-4-2/h17-20,43-44,46,50-52,54H,3-16,21-42,45H2,1-2H3/b19-17-,20-18-,54-47?/t46-,50-,51+,52-/m1/s1. The number of fused-ring (bicyclic) bond motifs is 3. The van der Waals surface area contributed by atoms with Gasteiger partial charge < -0.3 is 18.9 Å². The maximum absolute atomic E-state index is 13.1. The number of rotatable bonds is 41. The number of esters is 2. The number of carbonyl (C=O) groups excluding carboxylic acids is 2. The van der Waals surface area contributed by atoms with E-state index in [4.69, 9.17) is 24.4 Å². The Hall–Kier alpha value is -2.94. The summed E-state index contributed by atoms with van der Waals surface area (Å²) in [5.74, 6) is -0.543. The lowest BCUT2D eigenvalue weighted by molar-refractivity contribution is -0.160. The molecule has 0 aromatic carbocycles. The summed E-state index contributed by atoms with van der Waals surface area (Å²) in [6.45, 7) is 4.54. The molecule has 0 spiro atoms. The van der Waals surface area contributed by atoms with Crippen LogP contribution >= 0.6 is 0 Å². The molecule has 3 rings (SSSR count). The van der Waals surface area contributed by atoms with E-state index in [0.717, 1.165) is 38.5 Å².